The van der Waals surface area contributed by atoms with Crippen LogP contribution in [0.15, 0.2) is 48.5 Å². The fourth-order valence-corrected chi connectivity index (χ4v) is 2.45. The molecule has 3 rings (SSSR count). The van der Waals surface area contributed by atoms with Gasteiger partial charge in [-0.15, -0.1) is 0 Å². The molecular formula is C20H17NO6. The van der Waals surface area contributed by atoms with E-state index < -0.39 is 18.5 Å². The summed E-state index contributed by atoms with van der Waals surface area (Å²) in [5.41, 5.74) is 1.50. The summed E-state index contributed by atoms with van der Waals surface area (Å²) >= 11 is 0. The highest BCUT2D eigenvalue weighted by Crippen LogP contribution is 2.32. The Hall–Kier alpha value is -3.61. The topological polar surface area (TPSA) is 90.9 Å². The lowest BCUT2D eigenvalue weighted by atomic mass is 10.1. The van der Waals surface area contributed by atoms with Crippen LogP contribution >= 0.6 is 0 Å². The van der Waals surface area contributed by atoms with Crippen molar-refractivity contribution in [2.75, 3.05) is 18.7 Å². The van der Waals surface area contributed by atoms with Gasteiger partial charge in [-0.25, -0.2) is 4.79 Å². The maximum atomic E-state index is 11.9. The van der Waals surface area contributed by atoms with Crippen molar-refractivity contribution >= 4 is 29.4 Å². The Kier molecular flexibility index (Phi) is 5.51. The molecule has 1 N–H and O–H groups in total. The molecule has 0 radical (unpaired) electrons. The van der Waals surface area contributed by atoms with E-state index in [-0.39, 0.29) is 12.6 Å². The molecule has 0 saturated carbocycles. The Morgan fingerprint density at radius 3 is 2.70 bits per heavy atom. The molecule has 0 aromatic heterocycles. The zero-order valence-corrected chi connectivity index (χ0v) is 14.6. The summed E-state index contributed by atoms with van der Waals surface area (Å²) in [5.74, 6) is -0.114. The van der Waals surface area contributed by atoms with Gasteiger partial charge in [0.15, 0.2) is 23.9 Å². The van der Waals surface area contributed by atoms with E-state index in [0.29, 0.717) is 22.7 Å². The van der Waals surface area contributed by atoms with Gasteiger partial charge in [0.05, 0.1) is 5.69 Å². The van der Waals surface area contributed by atoms with Crippen LogP contribution in [-0.4, -0.2) is 31.1 Å². The van der Waals surface area contributed by atoms with Crippen LogP contribution in [-0.2, 0) is 14.3 Å². The summed E-state index contributed by atoms with van der Waals surface area (Å²) in [6.45, 7) is 1.12. The molecule has 0 atom stereocenters. The normalized spacial score (nSPS) is 12.0. The lowest BCUT2D eigenvalue weighted by molar-refractivity contribution is -0.142. The lowest BCUT2D eigenvalue weighted by Crippen LogP contribution is -2.21. The third-order valence-corrected chi connectivity index (χ3v) is 3.73. The van der Waals surface area contributed by atoms with Crippen LogP contribution in [0.3, 0.4) is 0 Å². The average molecular weight is 367 g/mol. The number of anilines is 1. The number of carbonyl (C=O) groups excluding carboxylic acids is 3. The second kappa shape index (κ2) is 8.18. The molecule has 0 fully saturated rings. The third kappa shape index (κ3) is 4.72. The van der Waals surface area contributed by atoms with E-state index in [2.05, 4.69) is 5.32 Å². The van der Waals surface area contributed by atoms with Gasteiger partial charge in [-0.05, 0) is 42.8 Å². The van der Waals surface area contributed by atoms with Crippen LogP contribution in [0.25, 0.3) is 6.08 Å². The monoisotopic (exact) mass is 367 g/mol. The Morgan fingerprint density at radius 2 is 1.89 bits per heavy atom. The first kappa shape index (κ1) is 18.2. The SMILES string of the molecule is CC(=O)c1ccccc1NC(=O)COC(=O)/C=C/c1ccc2c(c1)OCO2. The molecule has 1 aliphatic heterocycles. The predicted molar refractivity (Wildman–Crippen MR) is 97.6 cm³/mol. The van der Waals surface area contributed by atoms with E-state index in [1.165, 1.54) is 13.0 Å². The van der Waals surface area contributed by atoms with Gasteiger partial charge >= 0.3 is 5.97 Å². The molecule has 1 aliphatic rings. The van der Waals surface area contributed by atoms with Crippen molar-refractivity contribution in [1.82, 2.24) is 0 Å². The van der Waals surface area contributed by atoms with Crippen molar-refractivity contribution < 1.29 is 28.6 Å². The summed E-state index contributed by atoms with van der Waals surface area (Å²) in [7, 11) is 0. The molecule has 0 spiro atoms. The molecule has 1 amide bonds. The predicted octanol–water partition coefficient (Wildman–Crippen LogP) is 2.81. The van der Waals surface area contributed by atoms with Gasteiger partial charge in [-0.1, -0.05) is 18.2 Å². The zero-order chi connectivity index (χ0) is 19.2. The molecule has 0 saturated heterocycles. The van der Waals surface area contributed by atoms with E-state index in [1.807, 2.05) is 0 Å². The van der Waals surface area contributed by atoms with Gasteiger partial charge in [-0.2, -0.15) is 0 Å². The summed E-state index contributed by atoms with van der Waals surface area (Å²) < 4.78 is 15.4. The van der Waals surface area contributed by atoms with E-state index in [0.717, 1.165) is 5.56 Å². The maximum absolute atomic E-state index is 11.9. The summed E-state index contributed by atoms with van der Waals surface area (Å²) in [6.07, 6.45) is 2.77. The second-order valence-corrected chi connectivity index (χ2v) is 5.70. The number of Topliss-reactive ketones (excluding diaryl/α,β-unsaturated/α-hetero) is 1. The van der Waals surface area contributed by atoms with Gasteiger partial charge in [0.1, 0.15) is 0 Å². The number of amides is 1. The van der Waals surface area contributed by atoms with Gasteiger partial charge in [0, 0.05) is 11.6 Å². The molecule has 7 heteroatoms. The van der Waals surface area contributed by atoms with Gasteiger partial charge in [0.25, 0.3) is 5.91 Å². The Bertz CT molecular complexity index is 918. The van der Waals surface area contributed by atoms with Crippen molar-refractivity contribution in [1.29, 1.82) is 0 Å². The molecular weight excluding hydrogens is 350 g/mol. The summed E-state index contributed by atoms with van der Waals surface area (Å²) in [6, 6.07) is 11.9. The van der Waals surface area contributed by atoms with Crippen LogP contribution in [0.5, 0.6) is 11.5 Å². The van der Waals surface area contributed by atoms with Crippen molar-refractivity contribution in [2.45, 2.75) is 6.92 Å². The molecule has 0 aliphatic carbocycles. The highest BCUT2D eigenvalue weighted by atomic mass is 16.7. The minimum absolute atomic E-state index is 0.172. The van der Waals surface area contributed by atoms with Crippen LogP contribution in [0.4, 0.5) is 5.69 Å². The van der Waals surface area contributed by atoms with E-state index in [1.54, 1.807) is 48.5 Å². The van der Waals surface area contributed by atoms with Crippen LogP contribution in [0.1, 0.15) is 22.8 Å². The number of ether oxygens (including phenoxy) is 3. The van der Waals surface area contributed by atoms with Crippen LogP contribution in [0.2, 0.25) is 0 Å². The number of esters is 1. The van der Waals surface area contributed by atoms with Crippen molar-refractivity contribution in [3.05, 3.63) is 59.7 Å². The van der Waals surface area contributed by atoms with E-state index >= 15 is 0 Å². The number of para-hydroxylation sites is 1. The molecule has 138 valence electrons. The number of rotatable bonds is 6. The first-order valence-corrected chi connectivity index (χ1v) is 8.17. The van der Waals surface area contributed by atoms with Crippen molar-refractivity contribution in [3.63, 3.8) is 0 Å². The van der Waals surface area contributed by atoms with Crippen molar-refractivity contribution in [3.8, 4) is 11.5 Å². The molecule has 2 aromatic rings. The van der Waals surface area contributed by atoms with Crippen LogP contribution in [0, 0.1) is 0 Å². The summed E-state index contributed by atoms with van der Waals surface area (Å²) in [5, 5.41) is 2.56. The van der Waals surface area contributed by atoms with Gasteiger partial charge in [0.2, 0.25) is 6.79 Å². The second-order valence-electron chi connectivity index (χ2n) is 5.70. The quantitative estimate of drug-likeness (QED) is 0.480. The maximum Gasteiger partial charge on any atom is 0.331 e. The fourth-order valence-electron chi connectivity index (χ4n) is 2.45. The van der Waals surface area contributed by atoms with E-state index in [4.69, 9.17) is 14.2 Å². The zero-order valence-electron chi connectivity index (χ0n) is 14.6. The number of benzene rings is 2. The van der Waals surface area contributed by atoms with Gasteiger partial charge in [-0.3, -0.25) is 9.59 Å². The number of hydrogen-bond acceptors (Lipinski definition) is 6. The minimum Gasteiger partial charge on any atom is -0.454 e. The van der Waals surface area contributed by atoms with E-state index in [9.17, 15) is 14.4 Å². The lowest BCUT2D eigenvalue weighted by Gasteiger charge is -2.08. The third-order valence-electron chi connectivity index (χ3n) is 3.73. The van der Waals surface area contributed by atoms with Crippen molar-refractivity contribution in [2.24, 2.45) is 0 Å². The number of fused-ring (bicyclic) bond motifs is 1. The summed E-state index contributed by atoms with van der Waals surface area (Å²) in [4.78, 5) is 35.3. The molecule has 27 heavy (non-hydrogen) atoms. The first-order chi connectivity index (χ1) is 13.0. The minimum atomic E-state index is -0.664. The molecule has 1 heterocycles. The molecule has 0 unspecified atom stereocenters. The highest BCUT2D eigenvalue weighted by Gasteiger charge is 2.13. The standard InChI is InChI=1S/C20H17NO6/c1-13(22)15-4-2-3-5-16(15)21-19(23)11-25-20(24)9-7-14-6-8-17-18(10-14)27-12-26-17/h2-10H,11-12H2,1H3,(H,21,23)/b9-7+. The average Bonchev–Trinajstić information content (AvgIpc) is 3.12. The molecule has 0 bridgehead atoms. The smallest absolute Gasteiger partial charge is 0.331 e. The van der Waals surface area contributed by atoms with Gasteiger partial charge < -0.3 is 19.5 Å². The number of carbonyl (C=O) groups is 3. The Labute approximate surface area is 155 Å². The number of hydrogen-bond donors (Lipinski definition) is 1. The highest BCUT2D eigenvalue weighted by molar-refractivity contribution is 6.04. The largest absolute Gasteiger partial charge is 0.454 e. The first-order valence-electron chi connectivity index (χ1n) is 8.17. The molecule has 2 aromatic carbocycles. The van der Waals surface area contributed by atoms with Crippen LogP contribution < -0.4 is 14.8 Å². The molecule has 7 nitrogen and oxygen atoms in total. The number of ketones is 1. The number of nitrogens with one attached hydrogen (secondary N) is 1. The fraction of sp³-hybridized carbons (Fsp3) is 0.150. The Balaban J connectivity index is 1.52. The Morgan fingerprint density at radius 1 is 1.11 bits per heavy atom.